The maximum Gasteiger partial charge on any atom is 0.150 e. The van der Waals surface area contributed by atoms with Gasteiger partial charge in [0.2, 0.25) is 0 Å². The first kappa shape index (κ1) is 8.72. The van der Waals surface area contributed by atoms with Gasteiger partial charge in [-0.15, -0.1) is 0 Å². The maximum absolute atomic E-state index is 10.3. The lowest BCUT2D eigenvalue weighted by molar-refractivity contribution is 0.112. The van der Waals surface area contributed by atoms with Crippen LogP contribution >= 0.6 is 0 Å². The molecule has 0 amide bonds. The summed E-state index contributed by atoms with van der Waals surface area (Å²) in [5.41, 5.74) is 1.97. The van der Waals surface area contributed by atoms with E-state index in [1.807, 2.05) is 37.3 Å². The Kier molecular flexibility index (Phi) is 3.27. The maximum atomic E-state index is 10.3. The molecule has 0 heterocycles. The Morgan fingerprint density at radius 2 is 1.92 bits per heavy atom. The Hall–Kier alpha value is -1.37. The van der Waals surface area contributed by atoms with Gasteiger partial charge in [-0.05, 0) is 18.9 Å². The van der Waals surface area contributed by atoms with Crippen LogP contribution in [0.15, 0.2) is 36.4 Å². The molecule has 0 radical (unpaired) electrons. The molecule has 0 N–H and O–H groups in total. The van der Waals surface area contributed by atoms with Crippen LogP contribution in [0.1, 0.15) is 22.8 Å². The molecule has 62 valence electrons. The van der Waals surface area contributed by atoms with E-state index in [4.69, 9.17) is 0 Å². The third-order valence-corrected chi connectivity index (χ3v) is 1.71. The largest absolute Gasteiger partial charge is 0.298 e. The van der Waals surface area contributed by atoms with Gasteiger partial charge in [0.05, 0.1) is 0 Å². The van der Waals surface area contributed by atoms with Crippen molar-refractivity contribution in [3.63, 3.8) is 0 Å². The third kappa shape index (κ3) is 2.35. The van der Waals surface area contributed by atoms with Crippen LogP contribution in [-0.2, 0) is 6.42 Å². The fourth-order valence-corrected chi connectivity index (χ4v) is 0.986. The van der Waals surface area contributed by atoms with Crippen molar-refractivity contribution in [3.8, 4) is 0 Å². The molecule has 0 fully saturated rings. The summed E-state index contributed by atoms with van der Waals surface area (Å²) >= 11 is 0. The van der Waals surface area contributed by atoms with Crippen LogP contribution in [-0.4, -0.2) is 6.29 Å². The van der Waals surface area contributed by atoms with Crippen LogP contribution < -0.4 is 0 Å². The summed E-state index contributed by atoms with van der Waals surface area (Å²) in [5.74, 6) is 0. The molecular weight excluding hydrogens is 148 g/mol. The van der Waals surface area contributed by atoms with E-state index in [2.05, 4.69) is 6.08 Å². The van der Waals surface area contributed by atoms with E-state index in [0.717, 1.165) is 18.3 Å². The summed E-state index contributed by atoms with van der Waals surface area (Å²) in [6, 6.07) is 7.63. The molecule has 1 heteroatoms. The lowest BCUT2D eigenvalue weighted by atomic mass is 10.1. The molecule has 0 unspecified atom stereocenters. The molecule has 0 atom stereocenters. The minimum Gasteiger partial charge on any atom is -0.298 e. The fourth-order valence-electron chi connectivity index (χ4n) is 0.986. The molecule has 0 aliphatic rings. The van der Waals surface area contributed by atoms with Crippen molar-refractivity contribution in [2.24, 2.45) is 0 Å². The van der Waals surface area contributed by atoms with Crippen LogP contribution in [0.3, 0.4) is 0 Å². The summed E-state index contributed by atoms with van der Waals surface area (Å²) in [6.45, 7) is 2.00. The summed E-state index contributed by atoms with van der Waals surface area (Å²) in [6.07, 6.45) is 5.92. The molecule has 0 aromatic heterocycles. The zero-order valence-corrected chi connectivity index (χ0v) is 7.16. The molecule has 12 heavy (non-hydrogen) atoms. The van der Waals surface area contributed by atoms with Crippen molar-refractivity contribution < 1.29 is 4.79 Å². The summed E-state index contributed by atoms with van der Waals surface area (Å²) in [4.78, 5) is 10.3. The van der Waals surface area contributed by atoms with Gasteiger partial charge in [0, 0.05) is 5.56 Å². The average Bonchev–Trinajstić information content (AvgIpc) is 2.15. The predicted octanol–water partition coefficient (Wildman–Crippen LogP) is 2.62. The molecule has 1 nitrogen and oxygen atoms in total. The Morgan fingerprint density at radius 3 is 2.42 bits per heavy atom. The van der Waals surface area contributed by atoms with Gasteiger partial charge in [-0.3, -0.25) is 4.79 Å². The molecule has 1 aromatic carbocycles. The van der Waals surface area contributed by atoms with Crippen molar-refractivity contribution >= 4 is 6.29 Å². The first-order chi connectivity index (χ1) is 5.86. The monoisotopic (exact) mass is 160 g/mol. The Bertz CT molecular complexity index is 270. The molecule has 0 saturated carbocycles. The summed E-state index contributed by atoms with van der Waals surface area (Å²) in [5, 5.41) is 0. The lowest BCUT2D eigenvalue weighted by Gasteiger charge is -1.95. The molecule has 0 aliphatic heterocycles. The van der Waals surface area contributed by atoms with Crippen LogP contribution in [0.5, 0.6) is 0 Å². The molecule has 0 bridgehead atoms. The minimum atomic E-state index is 0.735. The van der Waals surface area contributed by atoms with Crippen molar-refractivity contribution in [2.75, 3.05) is 0 Å². The topological polar surface area (TPSA) is 17.1 Å². The van der Waals surface area contributed by atoms with E-state index >= 15 is 0 Å². The highest BCUT2D eigenvalue weighted by Gasteiger charge is 1.90. The second-order valence-corrected chi connectivity index (χ2v) is 2.63. The smallest absolute Gasteiger partial charge is 0.150 e. The lowest BCUT2D eigenvalue weighted by Crippen LogP contribution is -1.82. The highest BCUT2D eigenvalue weighted by atomic mass is 16.1. The first-order valence-corrected chi connectivity index (χ1v) is 4.02. The Labute approximate surface area is 72.7 Å². The standard InChI is InChI=1S/C11H12O/c1-2-3-4-10-5-7-11(9-12)8-6-10/h2-3,5-9H,4H2,1H3/b3-2-. The second-order valence-electron chi connectivity index (χ2n) is 2.63. The normalized spacial score (nSPS) is 10.4. The molecular formula is C11H12O. The van der Waals surface area contributed by atoms with Crippen LogP contribution in [0.4, 0.5) is 0 Å². The van der Waals surface area contributed by atoms with E-state index in [9.17, 15) is 4.79 Å². The van der Waals surface area contributed by atoms with Gasteiger partial charge in [-0.25, -0.2) is 0 Å². The van der Waals surface area contributed by atoms with Gasteiger partial charge in [0.1, 0.15) is 6.29 Å². The van der Waals surface area contributed by atoms with Crippen LogP contribution in [0.25, 0.3) is 0 Å². The van der Waals surface area contributed by atoms with Gasteiger partial charge in [0.25, 0.3) is 0 Å². The number of carbonyl (C=O) groups excluding carboxylic acids is 1. The number of hydrogen-bond acceptors (Lipinski definition) is 1. The second kappa shape index (κ2) is 4.50. The predicted molar refractivity (Wildman–Crippen MR) is 50.3 cm³/mol. The van der Waals surface area contributed by atoms with Gasteiger partial charge in [-0.1, -0.05) is 36.4 Å². The van der Waals surface area contributed by atoms with Gasteiger partial charge < -0.3 is 0 Å². The molecule has 1 aromatic rings. The van der Waals surface area contributed by atoms with Gasteiger partial charge >= 0.3 is 0 Å². The third-order valence-electron chi connectivity index (χ3n) is 1.71. The summed E-state index contributed by atoms with van der Waals surface area (Å²) < 4.78 is 0. The number of allylic oxidation sites excluding steroid dienone is 2. The molecule has 0 saturated heterocycles. The van der Waals surface area contributed by atoms with Crippen molar-refractivity contribution in [2.45, 2.75) is 13.3 Å². The van der Waals surface area contributed by atoms with E-state index in [1.54, 1.807) is 0 Å². The number of rotatable bonds is 3. The quantitative estimate of drug-likeness (QED) is 0.490. The Balaban J connectivity index is 2.70. The number of benzene rings is 1. The van der Waals surface area contributed by atoms with Crippen molar-refractivity contribution in [1.82, 2.24) is 0 Å². The molecule has 0 aliphatic carbocycles. The highest BCUT2D eigenvalue weighted by Crippen LogP contribution is 2.03. The van der Waals surface area contributed by atoms with E-state index in [0.29, 0.717) is 0 Å². The van der Waals surface area contributed by atoms with E-state index in [-0.39, 0.29) is 0 Å². The zero-order valence-electron chi connectivity index (χ0n) is 7.16. The number of aldehydes is 1. The molecule has 1 rings (SSSR count). The highest BCUT2D eigenvalue weighted by molar-refractivity contribution is 5.74. The fraction of sp³-hybridized carbons (Fsp3) is 0.182. The van der Waals surface area contributed by atoms with Crippen molar-refractivity contribution in [3.05, 3.63) is 47.5 Å². The summed E-state index contributed by atoms with van der Waals surface area (Å²) in [7, 11) is 0. The number of hydrogen-bond donors (Lipinski definition) is 0. The average molecular weight is 160 g/mol. The Morgan fingerprint density at radius 1 is 1.25 bits per heavy atom. The van der Waals surface area contributed by atoms with E-state index < -0.39 is 0 Å². The van der Waals surface area contributed by atoms with Gasteiger partial charge in [-0.2, -0.15) is 0 Å². The zero-order chi connectivity index (χ0) is 8.81. The van der Waals surface area contributed by atoms with Gasteiger partial charge in [0.15, 0.2) is 0 Å². The number of carbonyl (C=O) groups is 1. The minimum absolute atomic E-state index is 0.735. The van der Waals surface area contributed by atoms with Crippen LogP contribution in [0, 0.1) is 0 Å². The van der Waals surface area contributed by atoms with Crippen LogP contribution in [0.2, 0.25) is 0 Å². The van der Waals surface area contributed by atoms with Crippen molar-refractivity contribution in [1.29, 1.82) is 0 Å². The van der Waals surface area contributed by atoms with E-state index in [1.165, 1.54) is 5.56 Å². The molecule has 0 spiro atoms. The SMILES string of the molecule is C/C=C\Cc1ccc(C=O)cc1. The first-order valence-electron chi connectivity index (χ1n) is 4.02.